The molecule has 1 aromatic rings. The van der Waals surface area contributed by atoms with Gasteiger partial charge in [-0.05, 0) is 0 Å². The van der Waals surface area contributed by atoms with Gasteiger partial charge in [0.2, 0.25) is 0 Å². The molecule has 0 saturated heterocycles. The summed E-state index contributed by atoms with van der Waals surface area (Å²) in [6, 6.07) is 0. The lowest BCUT2D eigenvalue weighted by Gasteiger charge is -2.20. The molecule has 0 aliphatic carbocycles. The molecule has 0 saturated carbocycles. The van der Waals surface area contributed by atoms with E-state index in [4.69, 9.17) is 0 Å². The van der Waals surface area contributed by atoms with Crippen LogP contribution in [-0.2, 0) is 12.5 Å². The molecule has 0 radical (unpaired) electrons. The second-order valence-corrected chi connectivity index (χ2v) is 3.82. The first-order valence-electron chi connectivity index (χ1n) is 3.49. The van der Waals surface area contributed by atoms with Crippen LogP contribution in [0, 0.1) is 0 Å². The first kappa shape index (κ1) is 8.71. The van der Waals surface area contributed by atoms with Crippen molar-refractivity contribution in [3.63, 3.8) is 0 Å². The molecule has 1 rings (SSSR count). The van der Waals surface area contributed by atoms with Gasteiger partial charge in [-0.2, -0.15) is 0 Å². The zero-order valence-electron chi connectivity index (χ0n) is 7.00. The van der Waals surface area contributed by atoms with Crippen molar-refractivity contribution in [2.75, 3.05) is 5.33 Å². The zero-order valence-corrected chi connectivity index (χ0v) is 8.59. The minimum Gasteiger partial charge on any atom is -0.252 e. The molecule has 1 heterocycles. The number of hydrogen-bond donors (Lipinski definition) is 0. The Morgan fingerprint density at radius 2 is 2.27 bits per heavy atom. The summed E-state index contributed by atoms with van der Waals surface area (Å²) in [6.45, 7) is 4.31. The van der Waals surface area contributed by atoms with E-state index in [1.54, 1.807) is 10.9 Å². The minimum atomic E-state index is 0.109. The van der Waals surface area contributed by atoms with Gasteiger partial charge in [0.05, 0.1) is 11.9 Å². The van der Waals surface area contributed by atoms with Crippen LogP contribution in [0.4, 0.5) is 0 Å². The Morgan fingerprint density at radius 3 is 2.64 bits per heavy atom. The highest BCUT2D eigenvalue weighted by Crippen LogP contribution is 2.23. The molecular weight excluding hydrogens is 206 g/mol. The van der Waals surface area contributed by atoms with Gasteiger partial charge in [0.1, 0.15) is 0 Å². The molecule has 0 fully saturated rings. The summed E-state index contributed by atoms with van der Waals surface area (Å²) in [4.78, 5) is 0. The summed E-state index contributed by atoms with van der Waals surface area (Å²) in [5, 5.41) is 8.62. The summed E-state index contributed by atoms with van der Waals surface area (Å²) in [5.41, 5.74) is 1.26. The topological polar surface area (TPSA) is 30.7 Å². The second-order valence-electron chi connectivity index (χ2n) is 3.26. The highest BCUT2D eigenvalue weighted by Gasteiger charge is 2.22. The van der Waals surface area contributed by atoms with Gasteiger partial charge in [-0.25, -0.2) is 0 Å². The SMILES string of the molecule is Cn1nncc1C(C)(C)CBr. The average Bonchev–Trinajstić information content (AvgIpc) is 2.36. The fraction of sp³-hybridized carbons (Fsp3) is 0.714. The normalized spacial score (nSPS) is 12.0. The fourth-order valence-corrected chi connectivity index (χ4v) is 1.26. The molecule has 0 spiro atoms. The lowest BCUT2D eigenvalue weighted by Crippen LogP contribution is -2.22. The molecule has 0 unspecified atom stereocenters. The smallest absolute Gasteiger partial charge is 0.0730 e. The van der Waals surface area contributed by atoms with Gasteiger partial charge in [-0.15, -0.1) is 5.10 Å². The third kappa shape index (κ3) is 1.61. The highest BCUT2D eigenvalue weighted by atomic mass is 79.9. The average molecular weight is 218 g/mol. The standard InChI is InChI=1S/C7H12BrN3/c1-7(2,5-8)6-4-9-10-11(6)3/h4H,5H2,1-3H3. The van der Waals surface area contributed by atoms with Crippen LogP contribution < -0.4 is 0 Å². The van der Waals surface area contributed by atoms with E-state index in [1.165, 1.54) is 0 Å². The lowest BCUT2D eigenvalue weighted by atomic mass is 9.93. The van der Waals surface area contributed by atoms with Crippen molar-refractivity contribution in [2.24, 2.45) is 7.05 Å². The number of alkyl halides is 1. The molecular formula is C7H12BrN3. The second kappa shape index (κ2) is 2.93. The number of hydrogen-bond acceptors (Lipinski definition) is 2. The van der Waals surface area contributed by atoms with E-state index in [9.17, 15) is 0 Å². The lowest BCUT2D eigenvalue weighted by molar-refractivity contribution is 0.531. The summed E-state index contributed by atoms with van der Waals surface area (Å²) in [5.74, 6) is 0. The number of aromatic nitrogens is 3. The molecule has 0 atom stereocenters. The van der Waals surface area contributed by atoms with Gasteiger partial charge >= 0.3 is 0 Å². The summed E-state index contributed by atoms with van der Waals surface area (Å²) < 4.78 is 1.81. The van der Waals surface area contributed by atoms with Crippen molar-refractivity contribution >= 4 is 15.9 Å². The maximum atomic E-state index is 3.88. The van der Waals surface area contributed by atoms with Gasteiger partial charge in [0, 0.05) is 17.8 Å². The Labute approximate surface area is 74.9 Å². The van der Waals surface area contributed by atoms with Crippen molar-refractivity contribution in [3.05, 3.63) is 11.9 Å². The number of rotatable bonds is 2. The number of aryl methyl sites for hydroxylation is 1. The van der Waals surface area contributed by atoms with Gasteiger partial charge in [-0.3, -0.25) is 4.68 Å². The Balaban J connectivity index is 3.00. The first-order chi connectivity index (χ1) is 5.08. The summed E-state index contributed by atoms with van der Waals surface area (Å²) in [6.07, 6.45) is 1.81. The van der Waals surface area contributed by atoms with Crippen molar-refractivity contribution in [1.82, 2.24) is 15.0 Å². The van der Waals surface area contributed by atoms with Crippen molar-refractivity contribution < 1.29 is 0 Å². The van der Waals surface area contributed by atoms with Crippen LogP contribution in [0.5, 0.6) is 0 Å². The van der Waals surface area contributed by atoms with Crippen molar-refractivity contribution in [3.8, 4) is 0 Å². The maximum absolute atomic E-state index is 3.88. The van der Waals surface area contributed by atoms with Gasteiger partial charge in [0.15, 0.2) is 0 Å². The van der Waals surface area contributed by atoms with E-state index < -0.39 is 0 Å². The van der Waals surface area contributed by atoms with Crippen molar-refractivity contribution in [1.29, 1.82) is 0 Å². The van der Waals surface area contributed by atoms with E-state index in [0.717, 1.165) is 11.0 Å². The van der Waals surface area contributed by atoms with Crippen LogP contribution in [0.25, 0.3) is 0 Å². The predicted octanol–water partition coefficient (Wildman–Crippen LogP) is 1.49. The monoisotopic (exact) mass is 217 g/mol. The van der Waals surface area contributed by atoms with Crippen LogP contribution in [-0.4, -0.2) is 20.3 Å². The van der Waals surface area contributed by atoms with E-state index in [2.05, 4.69) is 40.1 Å². The third-order valence-corrected chi connectivity index (χ3v) is 3.14. The quantitative estimate of drug-likeness (QED) is 0.704. The highest BCUT2D eigenvalue weighted by molar-refractivity contribution is 9.09. The Hall–Kier alpha value is -0.380. The van der Waals surface area contributed by atoms with E-state index >= 15 is 0 Å². The van der Waals surface area contributed by atoms with Crippen LogP contribution in [0.3, 0.4) is 0 Å². The van der Waals surface area contributed by atoms with E-state index in [0.29, 0.717) is 0 Å². The largest absolute Gasteiger partial charge is 0.252 e. The number of nitrogens with zero attached hydrogens (tertiary/aromatic N) is 3. The summed E-state index contributed by atoms with van der Waals surface area (Å²) in [7, 11) is 1.91. The molecule has 1 aromatic heterocycles. The van der Waals surface area contributed by atoms with Crippen LogP contribution in [0.1, 0.15) is 19.5 Å². The predicted molar refractivity (Wildman–Crippen MR) is 47.8 cm³/mol. The third-order valence-electron chi connectivity index (χ3n) is 1.74. The van der Waals surface area contributed by atoms with Crippen LogP contribution >= 0.6 is 15.9 Å². The van der Waals surface area contributed by atoms with Crippen molar-refractivity contribution in [2.45, 2.75) is 19.3 Å². The number of halogens is 1. The molecule has 0 amide bonds. The summed E-state index contributed by atoms with van der Waals surface area (Å²) >= 11 is 3.46. The van der Waals surface area contributed by atoms with Gasteiger partial charge in [0.25, 0.3) is 0 Å². The molecule has 0 aromatic carbocycles. The van der Waals surface area contributed by atoms with Crippen LogP contribution in [0.2, 0.25) is 0 Å². The molecule has 62 valence electrons. The minimum absolute atomic E-state index is 0.109. The Bertz CT molecular complexity index is 242. The Morgan fingerprint density at radius 1 is 1.64 bits per heavy atom. The molecule has 11 heavy (non-hydrogen) atoms. The van der Waals surface area contributed by atoms with Gasteiger partial charge in [-0.1, -0.05) is 35.0 Å². The maximum Gasteiger partial charge on any atom is 0.0730 e. The van der Waals surface area contributed by atoms with E-state index in [-0.39, 0.29) is 5.41 Å². The molecule has 4 heteroatoms. The fourth-order valence-electron chi connectivity index (χ4n) is 0.971. The molecule has 3 nitrogen and oxygen atoms in total. The first-order valence-corrected chi connectivity index (χ1v) is 4.61. The Kier molecular flexibility index (Phi) is 2.32. The van der Waals surface area contributed by atoms with Crippen LogP contribution in [0.15, 0.2) is 6.20 Å². The molecule has 0 aliphatic rings. The molecule has 0 N–H and O–H groups in total. The van der Waals surface area contributed by atoms with E-state index in [1.807, 2.05) is 7.05 Å². The zero-order chi connectivity index (χ0) is 8.48. The molecule has 0 bridgehead atoms. The molecule has 0 aliphatic heterocycles. The van der Waals surface area contributed by atoms with Gasteiger partial charge < -0.3 is 0 Å².